The second-order valence-electron chi connectivity index (χ2n) is 12.0. The van der Waals surface area contributed by atoms with Crippen LogP contribution in [0.5, 0.6) is 0 Å². The molecule has 0 fully saturated rings. The van der Waals surface area contributed by atoms with Crippen molar-refractivity contribution in [3.8, 4) is 0 Å². The Kier molecular flexibility index (Phi) is 40.2. The van der Waals surface area contributed by atoms with Gasteiger partial charge >= 0.3 is 29.6 Å². The van der Waals surface area contributed by atoms with Gasteiger partial charge in [0.1, 0.15) is 0 Å². The van der Waals surface area contributed by atoms with Gasteiger partial charge in [0.25, 0.3) is 7.82 Å². The third-order valence-corrected chi connectivity index (χ3v) is 8.81. The molecule has 42 heavy (non-hydrogen) atoms. The Morgan fingerprint density at radius 3 is 0.952 bits per heavy atom. The van der Waals surface area contributed by atoms with Gasteiger partial charge in [-0.1, -0.05) is 154 Å². The molecule has 0 aliphatic heterocycles. The summed E-state index contributed by atoms with van der Waals surface area (Å²) in [6.45, 7) is 5.02. The van der Waals surface area contributed by atoms with Gasteiger partial charge in [0.2, 0.25) is 0 Å². The summed E-state index contributed by atoms with van der Waals surface area (Å²) in [7, 11) is -4.14. The van der Waals surface area contributed by atoms with Crippen LogP contribution in [0.2, 0.25) is 0 Å². The van der Waals surface area contributed by atoms with Crippen LogP contribution in [-0.4, -0.2) is 13.2 Å². The van der Waals surface area contributed by atoms with Crippen molar-refractivity contribution in [3.63, 3.8) is 0 Å². The van der Waals surface area contributed by atoms with Gasteiger partial charge in [-0.2, -0.15) is 0 Å². The van der Waals surface area contributed by atoms with E-state index in [0.29, 0.717) is 0 Å². The molecular weight excluding hydrogens is 550 g/mol. The zero-order valence-corrected chi connectivity index (χ0v) is 31.5. The summed E-state index contributed by atoms with van der Waals surface area (Å²) < 4.78 is 22.0. The fourth-order valence-electron chi connectivity index (χ4n) is 5.09. The van der Waals surface area contributed by atoms with Crippen molar-refractivity contribution >= 4 is 7.82 Å². The van der Waals surface area contributed by atoms with Crippen LogP contribution in [0.15, 0.2) is 24.3 Å². The van der Waals surface area contributed by atoms with E-state index >= 15 is 0 Å². The molecule has 244 valence electrons. The van der Waals surface area contributed by atoms with Crippen LogP contribution in [0, 0.1) is 0 Å². The Morgan fingerprint density at radius 1 is 0.429 bits per heavy atom. The van der Waals surface area contributed by atoms with Gasteiger partial charge in [-0.15, -0.1) is 0 Å². The first-order valence-electron chi connectivity index (χ1n) is 18.0. The van der Waals surface area contributed by atoms with E-state index in [0.717, 1.165) is 38.5 Å². The molecule has 0 bridgehead atoms. The Hall–Kier alpha value is 0.590. The maximum Gasteiger partial charge on any atom is 1.00 e. The minimum absolute atomic E-state index is 0. The molecule has 0 amide bonds. The first-order chi connectivity index (χ1) is 20.1. The maximum absolute atomic E-state index is 11.9. The minimum Gasteiger partial charge on any atom is -0.756 e. The van der Waals surface area contributed by atoms with Crippen LogP contribution in [-0.2, 0) is 13.6 Å². The van der Waals surface area contributed by atoms with E-state index in [4.69, 9.17) is 9.05 Å². The van der Waals surface area contributed by atoms with E-state index < -0.39 is 7.82 Å². The van der Waals surface area contributed by atoms with Gasteiger partial charge in [-0.3, -0.25) is 4.57 Å². The van der Waals surface area contributed by atoms with Crippen LogP contribution in [0.3, 0.4) is 0 Å². The first-order valence-corrected chi connectivity index (χ1v) is 19.5. The monoisotopic (exact) mass is 620 g/mol. The molecule has 0 spiro atoms. The number of phosphoric ester groups is 1. The standard InChI is InChI=1S/C36H71O4P.Na/c1-3-5-7-9-11-13-15-17-19-21-23-25-27-29-31-33-35-39-41(37,38)40-36-34-32-30-28-26-24-22-20-18-16-14-12-10-8-6-4-2;/h17-20H,3-16,21-36H2,1-2H3,(H,37,38);/q;+1/p-1/b19-17+,20-18+;. The van der Waals surface area contributed by atoms with Crippen molar-refractivity contribution in [2.75, 3.05) is 13.2 Å². The molecule has 0 aliphatic rings. The maximum atomic E-state index is 11.9. The molecule has 0 rings (SSSR count). The molecule has 0 saturated carbocycles. The number of rotatable bonds is 34. The van der Waals surface area contributed by atoms with Crippen LogP contribution >= 0.6 is 7.82 Å². The fourth-order valence-corrected chi connectivity index (χ4v) is 5.87. The van der Waals surface area contributed by atoms with E-state index in [1.54, 1.807) is 0 Å². The normalized spacial score (nSPS) is 12.1. The van der Waals surface area contributed by atoms with Gasteiger partial charge in [-0.05, 0) is 64.2 Å². The summed E-state index contributed by atoms with van der Waals surface area (Å²) in [5.41, 5.74) is 0. The van der Waals surface area contributed by atoms with Crippen LogP contribution < -0.4 is 34.5 Å². The third-order valence-electron chi connectivity index (χ3n) is 7.81. The van der Waals surface area contributed by atoms with Gasteiger partial charge in [-0.25, -0.2) is 0 Å². The quantitative estimate of drug-likeness (QED) is 0.0311. The number of unbranched alkanes of at least 4 members (excludes halogenated alkanes) is 24. The summed E-state index contributed by atoms with van der Waals surface area (Å²) in [5, 5.41) is 0. The van der Waals surface area contributed by atoms with E-state index in [1.165, 1.54) is 141 Å². The first kappa shape index (κ1) is 44.7. The summed E-state index contributed by atoms with van der Waals surface area (Å²) in [4.78, 5) is 11.9. The number of allylic oxidation sites excluding steroid dienone is 4. The predicted octanol–water partition coefficient (Wildman–Crippen LogP) is 9.57. The molecule has 0 aromatic rings. The van der Waals surface area contributed by atoms with Crippen molar-refractivity contribution in [2.24, 2.45) is 0 Å². The van der Waals surface area contributed by atoms with E-state index in [2.05, 4.69) is 38.2 Å². The van der Waals surface area contributed by atoms with Gasteiger partial charge in [0.15, 0.2) is 0 Å². The summed E-state index contributed by atoms with van der Waals surface area (Å²) >= 11 is 0. The molecule has 0 aromatic heterocycles. The van der Waals surface area contributed by atoms with Crippen LogP contribution in [0.25, 0.3) is 0 Å². The van der Waals surface area contributed by atoms with Crippen molar-refractivity contribution in [1.29, 1.82) is 0 Å². The van der Waals surface area contributed by atoms with Crippen LogP contribution in [0.4, 0.5) is 0 Å². The molecule has 0 heterocycles. The van der Waals surface area contributed by atoms with E-state index in [1.807, 2.05) is 0 Å². The minimum atomic E-state index is -4.14. The second-order valence-corrected chi connectivity index (χ2v) is 13.4. The van der Waals surface area contributed by atoms with Crippen molar-refractivity contribution in [3.05, 3.63) is 24.3 Å². The molecule has 0 unspecified atom stereocenters. The molecule has 4 nitrogen and oxygen atoms in total. The average Bonchev–Trinajstić information content (AvgIpc) is 2.96. The molecule has 0 aromatic carbocycles. The number of hydrogen-bond acceptors (Lipinski definition) is 4. The molecule has 6 heteroatoms. The Bertz CT molecular complexity index is 563. The van der Waals surface area contributed by atoms with Gasteiger partial charge in [0, 0.05) is 0 Å². The second kappa shape index (κ2) is 37.8. The SMILES string of the molecule is CCCCCCCC/C=C/CCCCCCCCOP(=O)([O-])OCCCCCCCC/C=C/CCCCCCCC.[Na+]. The Morgan fingerprint density at radius 2 is 0.667 bits per heavy atom. The summed E-state index contributed by atoms with van der Waals surface area (Å²) in [6.07, 6.45) is 44.0. The zero-order valence-electron chi connectivity index (χ0n) is 28.6. The zero-order chi connectivity index (χ0) is 30.0. The number of phosphoric acid groups is 1. The largest absolute Gasteiger partial charge is 1.00 e. The van der Waals surface area contributed by atoms with E-state index in [9.17, 15) is 9.46 Å². The fraction of sp³-hybridized carbons (Fsp3) is 0.889. The topological polar surface area (TPSA) is 58.6 Å². The van der Waals surface area contributed by atoms with Crippen molar-refractivity contribution in [1.82, 2.24) is 0 Å². The Labute approximate surface area is 285 Å². The third kappa shape index (κ3) is 38.6. The molecule has 0 saturated heterocycles. The van der Waals surface area contributed by atoms with Crippen molar-refractivity contribution < 1.29 is 48.1 Å². The number of hydrogen-bond donors (Lipinski definition) is 0. The van der Waals surface area contributed by atoms with Gasteiger partial charge < -0.3 is 13.9 Å². The molecular formula is C36H70NaO4P. The average molecular weight is 621 g/mol. The summed E-state index contributed by atoms with van der Waals surface area (Å²) in [6, 6.07) is 0. The predicted molar refractivity (Wildman–Crippen MR) is 178 cm³/mol. The Balaban J connectivity index is 0. The smallest absolute Gasteiger partial charge is 0.756 e. The summed E-state index contributed by atoms with van der Waals surface area (Å²) in [5.74, 6) is 0. The van der Waals surface area contributed by atoms with Crippen LogP contribution in [0.1, 0.15) is 194 Å². The molecule has 0 radical (unpaired) electrons. The van der Waals surface area contributed by atoms with Gasteiger partial charge in [0.05, 0.1) is 13.2 Å². The molecule has 0 aliphatic carbocycles. The van der Waals surface area contributed by atoms with Crippen molar-refractivity contribution in [2.45, 2.75) is 194 Å². The molecule has 0 N–H and O–H groups in total. The van der Waals surface area contributed by atoms with E-state index in [-0.39, 0.29) is 42.8 Å². The molecule has 0 atom stereocenters.